The third kappa shape index (κ3) is 5.41. The van der Waals surface area contributed by atoms with Gasteiger partial charge in [0, 0.05) is 22.1 Å². The molecule has 0 aliphatic rings. The molecule has 0 radical (unpaired) electrons. The molecule has 1 rings (SSSR count). The number of oxime groups is 1. The summed E-state index contributed by atoms with van der Waals surface area (Å²) in [6.45, 7) is 6.98. The third-order valence-corrected chi connectivity index (χ3v) is 3.86. The molecule has 4 nitrogen and oxygen atoms in total. The molecular weight excluding hydrogens is 318 g/mol. The minimum absolute atomic E-state index is 0.249. The van der Waals surface area contributed by atoms with Crippen LogP contribution in [0.15, 0.2) is 27.8 Å². The van der Waals surface area contributed by atoms with E-state index in [1.54, 1.807) is 0 Å². The maximum Gasteiger partial charge on any atom is 0.144 e. The molecule has 1 aromatic carbocycles. The molecule has 0 saturated carbocycles. The van der Waals surface area contributed by atoms with Crippen molar-refractivity contribution in [3.63, 3.8) is 0 Å². The highest BCUT2D eigenvalue weighted by molar-refractivity contribution is 9.10. The summed E-state index contributed by atoms with van der Waals surface area (Å²) in [5.41, 5.74) is 7.78. The number of hydrogen-bond donors (Lipinski definition) is 3. The summed E-state index contributed by atoms with van der Waals surface area (Å²) < 4.78 is 1.09. The number of nitrogens with two attached hydrogens (primary N) is 1. The van der Waals surface area contributed by atoms with Crippen LogP contribution in [0.4, 0.5) is 5.69 Å². The van der Waals surface area contributed by atoms with Gasteiger partial charge >= 0.3 is 0 Å². The van der Waals surface area contributed by atoms with E-state index in [0.29, 0.717) is 5.84 Å². The van der Waals surface area contributed by atoms with Crippen LogP contribution >= 0.6 is 15.9 Å². The van der Waals surface area contributed by atoms with Gasteiger partial charge in [0.25, 0.3) is 0 Å². The Bertz CT molecular complexity index is 452. The van der Waals surface area contributed by atoms with E-state index in [2.05, 4.69) is 51.5 Å². The van der Waals surface area contributed by atoms with E-state index in [-0.39, 0.29) is 5.41 Å². The van der Waals surface area contributed by atoms with Crippen LogP contribution < -0.4 is 11.1 Å². The smallest absolute Gasteiger partial charge is 0.144 e. The number of aryl methyl sites for hydroxylation is 1. The molecule has 0 aromatic heterocycles. The zero-order valence-electron chi connectivity index (χ0n) is 12.4. The van der Waals surface area contributed by atoms with Crippen molar-refractivity contribution in [1.29, 1.82) is 0 Å². The van der Waals surface area contributed by atoms with Gasteiger partial charge in [0.2, 0.25) is 0 Å². The summed E-state index contributed by atoms with van der Waals surface area (Å²) in [5, 5.41) is 15.2. The second kappa shape index (κ2) is 7.53. The summed E-state index contributed by atoms with van der Waals surface area (Å²) in [7, 11) is 0. The van der Waals surface area contributed by atoms with Crippen molar-refractivity contribution in [1.82, 2.24) is 0 Å². The van der Waals surface area contributed by atoms with Crippen molar-refractivity contribution in [2.24, 2.45) is 16.3 Å². The van der Waals surface area contributed by atoms with Gasteiger partial charge in [0.05, 0.1) is 0 Å². The van der Waals surface area contributed by atoms with Crippen molar-refractivity contribution < 1.29 is 5.21 Å². The molecule has 0 bridgehead atoms. The maximum atomic E-state index is 8.72. The van der Waals surface area contributed by atoms with E-state index in [4.69, 9.17) is 10.9 Å². The number of nitrogens with one attached hydrogen (secondary N) is 1. The standard InChI is InChI=1S/C15H24BrN3O/c1-11-8-12(16)10-13(9-11)18-7-5-4-6-15(2,3)14(17)19-20/h8-10,18,20H,4-7H2,1-3H3,(H2,17,19). The third-order valence-electron chi connectivity index (χ3n) is 3.40. The number of rotatable bonds is 7. The minimum atomic E-state index is -0.249. The van der Waals surface area contributed by atoms with Crippen molar-refractivity contribution in [3.8, 4) is 0 Å². The Morgan fingerprint density at radius 1 is 1.35 bits per heavy atom. The number of unbranched alkanes of at least 4 members (excludes halogenated alkanes) is 1. The van der Waals surface area contributed by atoms with Crippen molar-refractivity contribution in [2.75, 3.05) is 11.9 Å². The lowest BCUT2D eigenvalue weighted by Crippen LogP contribution is -2.31. The first-order valence-corrected chi connectivity index (χ1v) is 7.63. The van der Waals surface area contributed by atoms with Gasteiger partial charge in [-0.05, 0) is 43.5 Å². The topological polar surface area (TPSA) is 70.6 Å². The van der Waals surface area contributed by atoms with Gasteiger partial charge in [-0.3, -0.25) is 0 Å². The molecule has 0 saturated heterocycles. The summed E-state index contributed by atoms with van der Waals surface area (Å²) in [6.07, 6.45) is 2.99. The number of benzene rings is 1. The Kier molecular flexibility index (Phi) is 6.33. The molecule has 4 N–H and O–H groups in total. The minimum Gasteiger partial charge on any atom is -0.409 e. The van der Waals surface area contributed by atoms with Gasteiger partial charge in [-0.25, -0.2) is 0 Å². The lowest BCUT2D eigenvalue weighted by atomic mass is 9.86. The number of hydrogen-bond acceptors (Lipinski definition) is 3. The van der Waals surface area contributed by atoms with Gasteiger partial charge in [0.1, 0.15) is 5.84 Å². The molecule has 0 unspecified atom stereocenters. The predicted octanol–water partition coefficient (Wildman–Crippen LogP) is 4.11. The van der Waals surface area contributed by atoms with Crippen LogP contribution in [0.5, 0.6) is 0 Å². The molecule has 0 atom stereocenters. The first kappa shape index (κ1) is 16.8. The van der Waals surface area contributed by atoms with Crippen LogP contribution in [-0.4, -0.2) is 17.6 Å². The molecule has 0 amide bonds. The molecule has 0 fully saturated rings. The fourth-order valence-electron chi connectivity index (χ4n) is 2.03. The van der Waals surface area contributed by atoms with Crippen LogP contribution in [0, 0.1) is 12.3 Å². The molecule has 0 heterocycles. The van der Waals surface area contributed by atoms with E-state index in [1.165, 1.54) is 5.56 Å². The van der Waals surface area contributed by atoms with E-state index in [9.17, 15) is 0 Å². The number of anilines is 1. The highest BCUT2D eigenvalue weighted by Crippen LogP contribution is 2.23. The maximum absolute atomic E-state index is 8.72. The molecular formula is C15H24BrN3O. The highest BCUT2D eigenvalue weighted by Gasteiger charge is 2.22. The fraction of sp³-hybridized carbons (Fsp3) is 0.533. The molecule has 112 valence electrons. The quantitative estimate of drug-likeness (QED) is 0.230. The molecule has 0 aliphatic carbocycles. The van der Waals surface area contributed by atoms with Crippen LogP contribution in [-0.2, 0) is 0 Å². The Balaban J connectivity index is 2.32. The first-order chi connectivity index (χ1) is 9.35. The second-order valence-electron chi connectivity index (χ2n) is 5.77. The van der Waals surface area contributed by atoms with Gasteiger partial charge < -0.3 is 16.3 Å². The van der Waals surface area contributed by atoms with E-state index < -0.39 is 0 Å². The number of halogens is 1. The lowest BCUT2D eigenvalue weighted by molar-refractivity contribution is 0.304. The van der Waals surface area contributed by atoms with Crippen LogP contribution in [0.1, 0.15) is 38.7 Å². The van der Waals surface area contributed by atoms with Gasteiger partial charge in [-0.15, -0.1) is 0 Å². The molecule has 5 heteroatoms. The lowest BCUT2D eigenvalue weighted by Gasteiger charge is -2.22. The molecule has 0 aliphatic heterocycles. The van der Waals surface area contributed by atoms with Crippen LogP contribution in [0.3, 0.4) is 0 Å². The van der Waals surface area contributed by atoms with Crippen molar-refractivity contribution in [2.45, 2.75) is 40.0 Å². The van der Waals surface area contributed by atoms with Crippen molar-refractivity contribution >= 4 is 27.5 Å². The Morgan fingerprint density at radius 2 is 2.05 bits per heavy atom. The first-order valence-electron chi connectivity index (χ1n) is 6.84. The number of amidine groups is 1. The van der Waals surface area contributed by atoms with E-state index >= 15 is 0 Å². The second-order valence-corrected chi connectivity index (χ2v) is 6.69. The van der Waals surface area contributed by atoms with Gasteiger partial charge in [0.15, 0.2) is 0 Å². The van der Waals surface area contributed by atoms with Crippen molar-refractivity contribution in [3.05, 3.63) is 28.2 Å². The predicted molar refractivity (Wildman–Crippen MR) is 88.4 cm³/mol. The Labute approximate surface area is 129 Å². The molecule has 20 heavy (non-hydrogen) atoms. The zero-order valence-corrected chi connectivity index (χ0v) is 14.0. The average molecular weight is 342 g/mol. The molecule has 0 spiro atoms. The molecule has 1 aromatic rings. The largest absolute Gasteiger partial charge is 0.409 e. The van der Waals surface area contributed by atoms with Crippen LogP contribution in [0.25, 0.3) is 0 Å². The van der Waals surface area contributed by atoms with Gasteiger partial charge in [-0.1, -0.05) is 41.4 Å². The summed E-state index contributed by atoms with van der Waals surface area (Å²) >= 11 is 3.49. The highest BCUT2D eigenvalue weighted by atomic mass is 79.9. The van der Waals surface area contributed by atoms with E-state index in [0.717, 1.165) is 36.0 Å². The number of nitrogens with zero attached hydrogens (tertiary/aromatic N) is 1. The normalized spacial score (nSPS) is 12.5. The zero-order chi connectivity index (χ0) is 15.2. The SMILES string of the molecule is Cc1cc(Br)cc(NCCCCC(C)(C)/C(N)=N/O)c1. The summed E-state index contributed by atoms with van der Waals surface area (Å²) in [5.74, 6) is 0.299. The summed E-state index contributed by atoms with van der Waals surface area (Å²) in [4.78, 5) is 0. The summed E-state index contributed by atoms with van der Waals surface area (Å²) in [6, 6.07) is 6.29. The monoisotopic (exact) mass is 341 g/mol. The van der Waals surface area contributed by atoms with Crippen LogP contribution in [0.2, 0.25) is 0 Å². The van der Waals surface area contributed by atoms with E-state index in [1.807, 2.05) is 13.8 Å². The fourth-order valence-corrected chi connectivity index (χ4v) is 2.63. The average Bonchev–Trinajstić information content (AvgIpc) is 2.36. The Hall–Kier alpha value is -1.23. The van der Waals surface area contributed by atoms with Gasteiger partial charge in [-0.2, -0.15) is 0 Å². The Morgan fingerprint density at radius 3 is 2.65 bits per heavy atom.